The van der Waals surface area contributed by atoms with Gasteiger partial charge in [0.25, 0.3) is 0 Å². The monoisotopic (exact) mass is 298 g/mol. The maximum Gasteiger partial charge on any atom is 0.314 e. The molecule has 0 radical (unpaired) electrons. The van der Waals surface area contributed by atoms with Gasteiger partial charge in [0.15, 0.2) is 6.79 Å². The number of fused-ring (bicyclic) bond motifs is 1. The summed E-state index contributed by atoms with van der Waals surface area (Å²) in [5.41, 5.74) is 1.05. The van der Waals surface area contributed by atoms with E-state index in [1.165, 1.54) is 0 Å². The maximum atomic E-state index is 11.3. The third-order valence-electron chi connectivity index (χ3n) is 3.38. The summed E-state index contributed by atoms with van der Waals surface area (Å²) in [5, 5.41) is 9.30. The van der Waals surface area contributed by atoms with E-state index in [0.717, 1.165) is 21.3 Å². The molecule has 1 saturated carbocycles. The largest absolute Gasteiger partial charge is 0.481 e. The smallest absolute Gasteiger partial charge is 0.314 e. The molecular formula is C12H11BrO4. The van der Waals surface area contributed by atoms with Gasteiger partial charge in [0.05, 0.1) is 12.0 Å². The van der Waals surface area contributed by atoms with E-state index in [0.29, 0.717) is 19.4 Å². The first-order valence-corrected chi connectivity index (χ1v) is 6.20. The number of aliphatic carboxylic acids is 1. The Labute approximate surface area is 107 Å². The van der Waals surface area contributed by atoms with Gasteiger partial charge in [0.2, 0.25) is 0 Å². The molecule has 1 aromatic rings. The van der Waals surface area contributed by atoms with E-state index in [4.69, 9.17) is 9.47 Å². The minimum absolute atomic E-state index is 0.230. The van der Waals surface area contributed by atoms with Gasteiger partial charge in [-0.3, -0.25) is 4.79 Å². The molecule has 5 heteroatoms. The fourth-order valence-electron chi connectivity index (χ4n) is 2.19. The Balaban J connectivity index is 2.09. The summed E-state index contributed by atoms with van der Waals surface area (Å²) >= 11 is 3.45. The lowest BCUT2D eigenvalue weighted by Crippen LogP contribution is -2.21. The number of rotatable bonds is 2. The molecule has 1 fully saturated rings. The van der Waals surface area contributed by atoms with Gasteiger partial charge in [0.1, 0.15) is 5.75 Å². The van der Waals surface area contributed by atoms with Crippen molar-refractivity contribution < 1.29 is 19.4 Å². The normalized spacial score (nSPS) is 20.3. The predicted octanol–water partition coefficient (Wildman–Crippen LogP) is 2.43. The first-order chi connectivity index (χ1) is 8.13. The van der Waals surface area contributed by atoms with Crippen molar-refractivity contribution in [2.45, 2.75) is 24.9 Å². The van der Waals surface area contributed by atoms with E-state index in [1.807, 2.05) is 12.1 Å². The van der Waals surface area contributed by atoms with Crippen molar-refractivity contribution in [1.29, 1.82) is 0 Å². The summed E-state index contributed by atoms with van der Waals surface area (Å²) < 4.78 is 11.4. The van der Waals surface area contributed by atoms with Crippen LogP contribution in [0.1, 0.15) is 24.0 Å². The van der Waals surface area contributed by atoms with Crippen LogP contribution in [0, 0.1) is 0 Å². The lowest BCUT2D eigenvalue weighted by atomic mass is 9.94. The van der Waals surface area contributed by atoms with Gasteiger partial charge in [0, 0.05) is 10.0 Å². The van der Waals surface area contributed by atoms with Gasteiger partial charge in [-0.2, -0.15) is 0 Å². The van der Waals surface area contributed by atoms with Crippen LogP contribution in [0.15, 0.2) is 16.6 Å². The molecule has 1 aliphatic heterocycles. The average Bonchev–Trinajstić information content (AvgIpc) is 3.09. The van der Waals surface area contributed by atoms with Gasteiger partial charge in [-0.05, 0) is 30.5 Å². The lowest BCUT2D eigenvalue weighted by Gasteiger charge is -2.21. The molecule has 1 aromatic carbocycles. The third-order valence-corrected chi connectivity index (χ3v) is 4.04. The van der Waals surface area contributed by atoms with E-state index in [-0.39, 0.29) is 6.79 Å². The van der Waals surface area contributed by atoms with Crippen LogP contribution in [0.5, 0.6) is 5.75 Å². The summed E-state index contributed by atoms with van der Waals surface area (Å²) in [6, 6.07) is 3.73. The predicted molar refractivity (Wildman–Crippen MR) is 63.0 cm³/mol. The number of hydrogen-bond donors (Lipinski definition) is 1. The summed E-state index contributed by atoms with van der Waals surface area (Å²) in [6.07, 6.45) is 1.38. The quantitative estimate of drug-likeness (QED) is 0.911. The van der Waals surface area contributed by atoms with Crippen molar-refractivity contribution in [2.24, 2.45) is 0 Å². The van der Waals surface area contributed by atoms with E-state index < -0.39 is 11.4 Å². The van der Waals surface area contributed by atoms with Crippen LogP contribution < -0.4 is 4.74 Å². The number of carbonyl (C=O) groups is 1. The topological polar surface area (TPSA) is 55.8 Å². The van der Waals surface area contributed by atoms with Gasteiger partial charge >= 0.3 is 5.97 Å². The Bertz CT molecular complexity index is 494. The Morgan fingerprint density at radius 3 is 2.82 bits per heavy atom. The molecule has 0 spiro atoms. The van der Waals surface area contributed by atoms with E-state index in [1.54, 1.807) is 0 Å². The lowest BCUT2D eigenvalue weighted by molar-refractivity contribution is -0.140. The summed E-state index contributed by atoms with van der Waals surface area (Å²) in [4.78, 5) is 11.3. The number of benzene rings is 1. The zero-order valence-corrected chi connectivity index (χ0v) is 10.6. The second-order valence-corrected chi connectivity index (χ2v) is 5.29. The second-order valence-electron chi connectivity index (χ2n) is 4.44. The van der Waals surface area contributed by atoms with Gasteiger partial charge in [-0.1, -0.05) is 15.9 Å². The fraction of sp³-hybridized carbons (Fsp3) is 0.417. The first kappa shape index (κ1) is 11.0. The number of ether oxygens (including phenoxy) is 2. The van der Waals surface area contributed by atoms with E-state index >= 15 is 0 Å². The molecule has 2 aliphatic rings. The number of carboxylic acids is 1. The molecule has 0 bridgehead atoms. The van der Waals surface area contributed by atoms with Crippen LogP contribution >= 0.6 is 15.9 Å². The number of halogens is 1. The minimum Gasteiger partial charge on any atom is -0.481 e. The molecule has 90 valence electrons. The third kappa shape index (κ3) is 1.65. The van der Waals surface area contributed by atoms with Crippen molar-refractivity contribution in [3.63, 3.8) is 0 Å². The maximum absolute atomic E-state index is 11.3. The van der Waals surface area contributed by atoms with Gasteiger partial charge in [-0.25, -0.2) is 0 Å². The minimum atomic E-state index is -0.759. The molecule has 1 N–H and O–H groups in total. The molecule has 4 nitrogen and oxygen atoms in total. The van der Waals surface area contributed by atoms with Crippen LogP contribution in [0.4, 0.5) is 0 Å². The average molecular weight is 299 g/mol. The summed E-state index contributed by atoms with van der Waals surface area (Å²) in [6.45, 7) is 0.739. The second kappa shape index (κ2) is 3.71. The van der Waals surface area contributed by atoms with Gasteiger partial charge < -0.3 is 14.6 Å². The van der Waals surface area contributed by atoms with Crippen LogP contribution in [0.3, 0.4) is 0 Å². The number of hydrogen-bond acceptors (Lipinski definition) is 3. The summed E-state index contributed by atoms with van der Waals surface area (Å²) in [5.74, 6) is -0.0211. The highest BCUT2D eigenvalue weighted by molar-refractivity contribution is 9.10. The zero-order chi connectivity index (χ0) is 12.0. The standard InChI is InChI=1S/C12H11BrO4/c13-9-3-7-5-16-6-17-10(7)4-8(9)12(1-2-12)11(14)15/h3-4H,1-2,5-6H2,(H,14,15). The zero-order valence-electron chi connectivity index (χ0n) is 9.03. The molecule has 1 heterocycles. The highest BCUT2D eigenvalue weighted by Crippen LogP contribution is 2.52. The molecule has 0 amide bonds. The Hall–Kier alpha value is -1.07. The molecule has 0 atom stereocenters. The van der Waals surface area contributed by atoms with Crippen LogP contribution in [0.2, 0.25) is 0 Å². The SMILES string of the molecule is O=C(O)C1(c2cc3c(cc2Br)COCO3)CC1. The van der Waals surface area contributed by atoms with Crippen LogP contribution in [-0.4, -0.2) is 17.9 Å². The highest BCUT2D eigenvalue weighted by Gasteiger charge is 2.53. The molecule has 0 saturated heterocycles. The molecular weight excluding hydrogens is 288 g/mol. The Morgan fingerprint density at radius 2 is 2.18 bits per heavy atom. The fourth-order valence-corrected chi connectivity index (χ4v) is 2.96. The Kier molecular flexibility index (Phi) is 2.41. The Morgan fingerprint density at radius 1 is 1.41 bits per heavy atom. The van der Waals surface area contributed by atoms with E-state index in [2.05, 4.69) is 15.9 Å². The molecule has 0 unspecified atom stereocenters. The van der Waals surface area contributed by atoms with Crippen molar-refractivity contribution in [3.8, 4) is 5.75 Å². The highest BCUT2D eigenvalue weighted by atomic mass is 79.9. The van der Waals surface area contributed by atoms with Crippen molar-refractivity contribution in [1.82, 2.24) is 0 Å². The van der Waals surface area contributed by atoms with Crippen LogP contribution in [-0.2, 0) is 21.6 Å². The molecule has 3 rings (SSSR count). The van der Waals surface area contributed by atoms with Crippen molar-refractivity contribution in [3.05, 3.63) is 27.7 Å². The summed E-state index contributed by atoms with van der Waals surface area (Å²) in [7, 11) is 0. The van der Waals surface area contributed by atoms with Gasteiger partial charge in [-0.15, -0.1) is 0 Å². The number of carboxylic acid groups (broad SMARTS) is 1. The van der Waals surface area contributed by atoms with Crippen LogP contribution in [0.25, 0.3) is 0 Å². The van der Waals surface area contributed by atoms with E-state index in [9.17, 15) is 9.90 Å². The molecule has 0 aromatic heterocycles. The molecule has 1 aliphatic carbocycles. The van der Waals surface area contributed by atoms with Crippen molar-refractivity contribution >= 4 is 21.9 Å². The first-order valence-electron chi connectivity index (χ1n) is 5.40. The molecule has 17 heavy (non-hydrogen) atoms. The van der Waals surface area contributed by atoms with Crippen molar-refractivity contribution in [2.75, 3.05) is 6.79 Å².